The van der Waals surface area contributed by atoms with Crippen LogP contribution >= 0.6 is 0 Å². The number of carbonyl (C=O) groups excluding carboxylic acids is 1. The minimum absolute atomic E-state index is 0.0210. The molecule has 0 bridgehead atoms. The SMILES string of the molecule is O=C(C1CCCC1)N1CCC[C@@H](c2nccnc2-c2cccc(C(F)(F)F)c2)C1. The Hall–Kier alpha value is -2.44. The van der Waals surface area contributed by atoms with E-state index in [4.69, 9.17) is 0 Å². The lowest BCUT2D eigenvalue weighted by Crippen LogP contribution is -2.42. The molecular formula is C22H24F3N3O. The number of aromatic nitrogens is 2. The van der Waals surface area contributed by atoms with Crippen LogP contribution in [-0.4, -0.2) is 33.9 Å². The highest BCUT2D eigenvalue weighted by molar-refractivity contribution is 5.79. The van der Waals surface area contributed by atoms with E-state index >= 15 is 0 Å². The lowest BCUT2D eigenvalue weighted by Gasteiger charge is -2.34. The van der Waals surface area contributed by atoms with Gasteiger partial charge in [0.15, 0.2) is 0 Å². The minimum Gasteiger partial charge on any atom is -0.342 e. The highest BCUT2D eigenvalue weighted by Gasteiger charge is 2.33. The summed E-state index contributed by atoms with van der Waals surface area (Å²) in [7, 11) is 0. The summed E-state index contributed by atoms with van der Waals surface area (Å²) in [6.07, 6.45) is 4.51. The molecule has 1 aliphatic heterocycles. The van der Waals surface area contributed by atoms with E-state index in [9.17, 15) is 18.0 Å². The van der Waals surface area contributed by atoms with Crippen molar-refractivity contribution in [3.63, 3.8) is 0 Å². The third-order valence-corrected chi connectivity index (χ3v) is 6.01. The predicted octanol–water partition coefficient (Wildman–Crippen LogP) is 5.06. The zero-order valence-electron chi connectivity index (χ0n) is 16.2. The Labute approximate surface area is 168 Å². The molecule has 29 heavy (non-hydrogen) atoms. The van der Waals surface area contributed by atoms with Gasteiger partial charge in [0.1, 0.15) is 0 Å². The summed E-state index contributed by atoms with van der Waals surface area (Å²) in [5.41, 5.74) is 0.852. The van der Waals surface area contributed by atoms with Crippen molar-refractivity contribution < 1.29 is 18.0 Å². The number of carbonyl (C=O) groups is 1. The van der Waals surface area contributed by atoms with Gasteiger partial charge in [0, 0.05) is 42.9 Å². The molecule has 0 radical (unpaired) electrons. The second kappa shape index (κ2) is 8.13. The van der Waals surface area contributed by atoms with Gasteiger partial charge in [0.25, 0.3) is 0 Å². The monoisotopic (exact) mass is 403 g/mol. The van der Waals surface area contributed by atoms with E-state index in [1.807, 2.05) is 4.90 Å². The number of rotatable bonds is 3. The molecular weight excluding hydrogens is 379 g/mol. The molecule has 0 spiro atoms. The summed E-state index contributed by atoms with van der Waals surface area (Å²) in [5.74, 6) is 0.322. The van der Waals surface area contributed by atoms with Gasteiger partial charge in [-0.2, -0.15) is 13.2 Å². The van der Waals surface area contributed by atoms with Crippen LogP contribution in [-0.2, 0) is 11.0 Å². The third-order valence-electron chi connectivity index (χ3n) is 6.01. The van der Waals surface area contributed by atoms with Gasteiger partial charge in [-0.15, -0.1) is 0 Å². The Balaban J connectivity index is 1.60. The van der Waals surface area contributed by atoms with Crippen LogP contribution in [0, 0.1) is 5.92 Å². The molecule has 1 saturated carbocycles. The number of nitrogens with zero attached hydrogens (tertiary/aromatic N) is 3. The zero-order chi connectivity index (χ0) is 20.4. The molecule has 2 aliphatic rings. The van der Waals surface area contributed by atoms with Crippen LogP contribution < -0.4 is 0 Å². The molecule has 1 amide bonds. The first-order chi connectivity index (χ1) is 13.9. The highest BCUT2D eigenvalue weighted by atomic mass is 19.4. The van der Waals surface area contributed by atoms with E-state index < -0.39 is 11.7 Å². The smallest absolute Gasteiger partial charge is 0.342 e. The fourth-order valence-electron chi connectivity index (χ4n) is 4.54. The average Bonchev–Trinajstić information content (AvgIpc) is 3.28. The Morgan fingerprint density at radius 1 is 1.03 bits per heavy atom. The number of likely N-dealkylation sites (tertiary alicyclic amines) is 1. The van der Waals surface area contributed by atoms with Crippen LogP contribution in [0.25, 0.3) is 11.3 Å². The predicted molar refractivity (Wildman–Crippen MR) is 103 cm³/mol. The topological polar surface area (TPSA) is 46.1 Å². The van der Waals surface area contributed by atoms with E-state index in [1.54, 1.807) is 12.3 Å². The van der Waals surface area contributed by atoms with Crippen molar-refractivity contribution in [1.82, 2.24) is 14.9 Å². The van der Waals surface area contributed by atoms with E-state index in [1.165, 1.54) is 12.3 Å². The van der Waals surface area contributed by atoms with Crippen LogP contribution in [0.5, 0.6) is 0 Å². The maximum absolute atomic E-state index is 13.1. The number of hydrogen-bond donors (Lipinski definition) is 0. The third kappa shape index (κ3) is 4.28. The fraction of sp³-hybridized carbons (Fsp3) is 0.500. The number of alkyl halides is 3. The Kier molecular flexibility index (Phi) is 5.56. The van der Waals surface area contributed by atoms with Gasteiger partial charge < -0.3 is 4.90 Å². The molecule has 2 heterocycles. The number of hydrogen-bond acceptors (Lipinski definition) is 3. The summed E-state index contributed by atoms with van der Waals surface area (Å²) in [5, 5.41) is 0. The van der Waals surface area contributed by atoms with Crippen molar-refractivity contribution in [1.29, 1.82) is 0 Å². The van der Waals surface area contributed by atoms with Crippen molar-refractivity contribution in [2.75, 3.05) is 13.1 Å². The van der Waals surface area contributed by atoms with Gasteiger partial charge in [-0.3, -0.25) is 14.8 Å². The summed E-state index contributed by atoms with van der Waals surface area (Å²) in [4.78, 5) is 23.6. The van der Waals surface area contributed by atoms with Gasteiger partial charge in [-0.25, -0.2) is 0 Å². The quantitative estimate of drug-likeness (QED) is 0.720. The maximum Gasteiger partial charge on any atom is 0.416 e. The molecule has 1 saturated heterocycles. The number of amides is 1. The normalized spacial score (nSPS) is 20.8. The van der Waals surface area contributed by atoms with Crippen molar-refractivity contribution in [2.45, 2.75) is 50.6 Å². The molecule has 4 rings (SSSR count). The fourth-order valence-corrected chi connectivity index (χ4v) is 4.54. The molecule has 0 unspecified atom stereocenters. The van der Waals surface area contributed by atoms with Crippen LogP contribution in [0.2, 0.25) is 0 Å². The Bertz CT molecular complexity index is 878. The van der Waals surface area contributed by atoms with Gasteiger partial charge in [0.2, 0.25) is 5.91 Å². The molecule has 0 N–H and O–H groups in total. The van der Waals surface area contributed by atoms with E-state index in [0.29, 0.717) is 23.5 Å². The molecule has 1 aromatic heterocycles. The number of halogens is 3. The van der Waals surface area contributed by atoms with Crippen LogP contribution in [0.1, 0.15) is 55.7 Å². The molecule has 154 valence electrons. The molecule has 1 atom stereocenters. The van der Waals surface area contributed by atoms with Crippen LogP contribution in [0.4, 0.5) is 13.2 Å². The largest absolute Gasteiger partial charge is 0.416 e. The Morgan fingerprint density at radius 3 is 2.55 bits per heavy atom. The minimum atomic E-state index is -4.41. The summed E-state index contributed by atoms with van der Waals surface area (Å²) in [6, 6.07) is 5.21. The van der Waals surface area contributed by atoms with Crippen LogP contribution in [0.15, 0.2) is 36.7 Å². The number of benzene rings is 1. The summed E-state index contributed by atoms with van der Waals surface area (Å²) >= 11 is 0. The first kappa shape index (κ1) is 19.9. The average molecular weight is 403 g/mol. The summed E-state index contributed by atoms with van der Waals surface area (Å²) in [6.45, 7) is 1.30. The maximum atomic E-state index is 13.1. The van der Waals surface area contributed by atoms with Crippen molar-refractivity contribution in [3.05, 3.63) is 47.9 Å². The van der Waals surface area contributed by atoms with Crippen LogP contribution in [0.3, 0.4) is 0 Å². The number of piperidine rings is 1. The zero-order valence-corrected chi connectivity index (χ0v) is 16.2. The molecule has 4 nitrogen and oxygen atoms in total. The highest BCUT2D eigenvalue weighted by Crippen LogP contribution is 2.36. The van der Waals surface area contributed by atoms with Crippen molar-refractivity contribution in [2.24, 2.45) is 5.92 Å². The standard InChI is InChI=1S/C22H24F3N3O/c23-22(24,25)18-9-3-7-16(13-18)19-20(27-11-10-26-19)17-8-4-12-28(14-17)21(29)15-5-1-2-6-15/h3,7,9-11,13,15,17H,1-2,4-6,8,12,14H2/t17-/m1/s1. The van der Waals surface area contributed by atoms with Gasteiger partial charge in [-0.05, 0) is 37.8 Å². The molecule has 1 aromatic carbocycles. The molecule has 2 fully saturated rings. The summed E-state index contributed by atoms with van der Waals surface area (Å²) < 4.78 is 39.4. The van der Waals surface area contributed by atoms with Gasteiger partial charge in [-0.1, -0.05) is 25.0 Å². The first-order valence-corrected chi connectivity index (χ1v) is 10.2. The lowest BCUT2D eigenvalue weighted by molar-refractivity contribution is -0.138. The van der Waals surface area contributed by atoms with Gasteiger partial charge >= 0.3 is 6.18 Å². The second-order valence-electron chi connectivity index (χ2n) is 7.97. The molecule has 7 heteroatoms. The lowest BCUT2D eigenvalue weighted by atomic mass is 9.90. The Morgan fingerprint density at radius 2 is 1.79 bits per heavy atom. The molecule has 1 aliphatic carbocycles. The first-order valence-electron chi connectivity index (χ1n) is 10.2. The van der Waals surface area contributed by atoms with Gasteiger partial charge in [0.05, 0.1) is 17.0 Å². The van der Waals surface area contributed by atoms with E-state index in [-0.39, 0.29) is 17.7 Å². The molecule has 2 aromatic rings. The van der Waals surface area contributed by atoms with E-state index in [0.717, 1.165) is 57.2 Å². The van der Waals surface area contributed by atoms with Crippen molar-refractivity contribution >= 4 is 5.91 Å². The van der Waals surface area contributed by atoms with E-state index in [2.05, 4.69) is 9.97 Å². The van der Waals surface area contributed by atoms with Crippen molar-refractivity contribution in [3.8, 4) is 11.3 Å². The second-order valence-corrected chi connectivity index (χ2v) is 7.97.